The van der Waals surface area contributed by atoms with E-state index in [-0.39, 0.29) is 11.3 Å². The average molecular weight is 468 g/mol. The second-order valence-electron chi connectivity index (χ2n) is 3.86. The van der Waals surface area contributed by atoms with Crippen LogP contribution in [0.5, 0.6) is 5.75 Å². The Morgan fingerprint density at radius 2 is 1.70 bits per heavy atom. The zero-order chi connectivity index (χ0) is 14.9. The monoisotopic (exact) mass is 465 g/mol. The third kappa shape index (κ3) is 3.39. The molecule has 0 radical (unpaired) electrons. The first-order chi connectivity index (χ1) is 9.38. The Balaban J connectivity index is 2.33. The Hall–Kier alpha value is -0.920. The highest BCUT2D eigenvalue weighted by atomic mass is 79.9. The van der Waals surface area contributed by atoms with E-state index in [9.17, 15) is 9.18 Å². The summed E-state index contributed by atoms with van der Waals surface area (Å²) in [6.07, 6.45) is 0. The second kappa shape index (κ2) is 6.24. The van der Waals surface area contributed by atoms with E-state index in [1.54, 1.807) is 12.1 Å². The SMILES string of the molecule is O=C(Nc1c(Br)cc(Br)cc1Br)c1ccc(O)cc1F. The zero-order valence-electron chi connectivity index (χ0n) is 9.75. The smallest absolute Gasteiger partial charge is 0.258 e. The van der Waals surface area contributed by atoms with Gasteiger partial charge in [0.2, 0.25) is 0 Å². The van der Waals surface area contributed by atoms with Crippen LogP contribution in [0.1, 0.15) is 10.4 Å². The van der Waals surface area contributed by atoms with Gasteiger partial charge < -0.3 is 10.4 Å². The average Bonchev–Trinajstić information content (AvgIpc) is 2.33. The number of hydrogen-bond acceptors (Lipinski definition) is 2. The van der Waals surface area contributed by atoms with Crippen molar-refractivity contribution in [1.29, 1.82) is 0 Å². The highest BCUT2D eigenvalue weighted by Gasteiger charge is 2.15. The molecular formula is C13H7Br3FNO2. The Morgan fingerprint density at radius 1 is 1.10 bits per heavy atom. The highest BCUT2D eigenvalue weighted by Crippen LogP contribution is 2.34. The van der Waals surface area contributed by atoms with Crippen molar-refractivity contribution in [2.45, 2.75) is 0 Å². The first-order valence-electron chi connectivity index (χ1n) is 5.33. The van der Waals surface area contributed by atoms with Crippen molar-refractivity contribution in [2.75, 3.05) is 5.32 Å². The first-order valence-corrected chi connectivity index (χ1v) is 7.71. The molecular weight excluding hydrogens is 461 g/mol. The molecule has 0 spiro atoms. The van der Waals surface area contributed by atoms with Crippen LogP contribution in [0.2, 0.25) is 0 Å². The molecule has 0 atom stereocenters. The van der Waals surface area contributed by atoms with Gasteiger partial charge in [-0.3, -0.25) is 4.79 Å². The molecule has 7 heteroatoms. The van der Waals surface area contributed by atoms with Gasteiger partial charge in [0.15, 0.2) is 0 Å². The fraction of sp³-hybridized carbons (Fsp3) is 0. The van der Waals surface area contributed by atoms with E-state index in [0.717, 1.165) is 10.5 Å². The maximum atomic E-state index is 13.6. The van der Waals surface area contributed by atoms with Crippen LogP contribution in [-0.4, -0.2) is 11.0 Å². The molecule has 0 aliphatic carbocycles. The summed E-state index contributed by atoms with van der Waals surface area (Å²) in [7, 11) is 0. The molecule has 0 heterocycles. The number of anilines is 1. The van der Waals surface area contributed by atoms with Crippen molar-refractivity contribution in [3.05, 3.63) is 55.1 Å². The number of carbonyl (C=O) groups is 1. The number of halogens is 4. The van der Waals surface area contributed by atoms with Gasteiger partial charge in [0.25, 0.3) is 5.91 Å². The maximum absolute atomic E-state index is 13.6. The minimum Gasteiger partial charge on any atom is -0.508 e. The van der Waals surface area contributed by atoms with E-state index >= 15 is 0 Å². The largest absolute Gasteiger partial charge is 0.508 e. The van der Waals surface area contributed by atoms with Crippen LogP contribution in [-0.2, 0) is 0 Å². The Kier molecular flexibility index (Phi) is 4.82. The molecule has 0 aliphatic rings. The van der Waals surface area contributed by atoms with E-state index in [1.807, 2.05) is 0 Å². The van der Waals surface area contributed by atoms with E-state index in [0.29, 0.717) is 14.6 Å². The summed E-state index contributed by atoms with van der Waals surface area (Å²) < 4.78 is 15.7. The second-order valence-corrected chi connectivity index (χ2v) is 6.49. The van der Waals surface area contributed by atoms with E-state index < -0.39 is 11.7 Å². The van der Waals surface area contributed by atoms with Crippen LogP contribution < -0.4 is 5.32 Å². The molecule has 0 aliphatic heterocycles. The predicted octanol–water partition coefficient (Wildman–Crippen LogP) is 5.07. The van der Waals surface area contributed by atoms with Gasteiger partial charge in [0.05, 0.1) is 11.3 Å². The van der Waals surface area contributed by atoms with Gasteiger partial charge in [0.1, 0.15) is 11.6 Å². The number of benzene rings is 2. The molecule has 0 aromatic heterocycles. The fourth-order valence-corrected chi connectivity index (χ4v) is 3.99. The molecule has 0 saturated heterocycles. The molecule has 1 amide bonds. The minimum absolute atomic E-state index is 0.149. The number of amides is 1. The summed E-state index contributed by atoms with van der Waals surface area (Å²) in [5, 5.41) is 11.7. The molecule has 0 unspecified atom stereocenters. The molecule has 0 bridgehead atoms. The van der Waals surface area contributed by atoms with Gasteiger partial charge in [-0.1, -0.05) is 15.9 Å². The Labute approximate surface area is 139 Å². The summed E-state index contributed by atoms with van der Waals surface area (Å²) in [5.74, 6) is -1.62. The van der Waals surface area contributed by atoms with E-state index in [2.05, 4.69) is 53.1 Å². The van der Waals surface area contributed by atoms with Gasteiger partial charge in [0, 0.05) is 19.5 Å². The van der Waals surface area contributed by atoms with Gasteiger partial charge in [-0.15, -0.1) is 0 Å². The molecule has 0 saturated carbocycles. The lowest BCUT2D eigenvalue weighted by Crippen LogP contribution is -2.14. The van der Waals surface area contributed by atoms with Crippen LogP contribution in [0, 0.1) is 5.82 Å². The van der Waals surface area contributed by atoms with Crippen molar-refractivity contribution in [3.63, 3.8) is 0 Å². The quantitative estimate of drug-likeness (QED) is 0.647. The standard InChI is InChI=1S/C13H7Br3FNO2/c14-6-3-9(15)12(10(16)4-6)18-13(20)8-2-1-7(19)5-11(8)17/h1-5,19H,(H,18,20). The molecule has 2 aromatic carbocycles. The van der Waals surface area contributed by atoms with E-state index in [4.69, 9.17) is 5.11 Å². The highest BCUT2D eigenvalue weighted by molar-refractivity contribution is 9.11. The topological polar surface area (TPSA) is 49.3 Å². The Morgan fingerprint density at radius 3 is 2.25 bits per heavy atom. The lowest BCUT2D eigenvalue weighted by Gasteiger charge is -2.11. The summed E-state index contributed by atoms with van der Waals surface area (Å²) in [6.45, 7) is 0. The molecule has 0 fully saturated rings. The predicted molar refractivity (Wildman–Crippen MR) is 85.6 cm³/mol. The van der Waals surface area contributed by atoms with Crippen molar-refractivity contribution in [2.24, 2.45) is 0 Å². The number of carbonyl (C=O) groups excluding carboxylic acids is 1. The number of nitrogens with one attached hydrogen (secondary N) is 1. The van der Waals surface area contributed by atoms with Gasteiger partial charge in [-0.25, -0.2) is 4.39 Å². The van der Waals surface area contributed by atoms with Crippen molar-refractivity contribution in [1.82, 2.24) is 0 Å². The van der Waals surface area contributed by atoms with Crippen LogP contribution in [0.15, 0.2) is 43.7 Å². The minimum atomic E-state index is -0.785. The normalized spacial score (nSPS) is 10.4. The van der Waals surface area contributed by atoms with Crippen LogP contribution >= 0.6 is 47.8 Å². The third-order valence-corrected chi connectivity index (χ3v) is 4.15. The van der Waals surface area contributed by atoms with Gasteiger partial charge in [-0.2, -0.15) is 0 Å². The lowest BCUT2D eigenvalue weighted by molar-refractivity contribution is 0.102. The lowest BCUT2D eigenvalue weighted by atomic mass is 10.2. The molecule has 2 rings (SSSR count). The first kappa shape index (κ1) is 15.5. The molecule has 2 aromatic rings. The van der Waals surface area contributed by atoms with Crippen molar-refractivity contribution < 1.29 is 14.3 Å². The number of hydrogen-bond donors (Lipinski definition) is 2. The molecule has 2 N–H and O–H groups in total. The summed E-state index contributed by atoms with van der Waals surface area (Å²) >= 11 is 9.96. The Bertz CT molecular complexity index is 668. The van der Waals surface area contributed by atoms with Crippen LogP contribution in [0.4, 0.5) is 10.1 Å². The molecule has 3 nitrogen and oxygen atoms in total. The zero-order valence-corrected chi connectivity index (χ0v) is 14.5. The summed E-state index contributed by atoms with van der Waals surface area (Å²) in [4.78, 5) is 12.0. The van der Waals surface area contributed by atoms with Crippen LogP contribution in [0.3, 0.4) is 0 Å². The number of aromatic hydroxyl groups is 1. The van der Waals surface area contributed by atoms with Gasteiger partial charge >= 0.3 is 0 Å². The summed E-state index contributed by atoms with van der Waals surface area (Å²) in [5.41, 5.74) is 0.343. The molecule has 20 heavy (non-hydrogen) atoms. The number of phenols is 1. The third-order valence-electron chi connectivity index (χ3n) is 2.44. The summed E-state index contributed by atoms with van der Waals surface area (Å²) in [6, 6.07) is 6.88. The fourth-order valence-electron chi connectivity index (χ4n) is 1.53. The van der Waals surface area contributed by atoms with Crippen molar-refractivity contribution >= 4 is 59.4 Å². The molecule has 104 valence electrons. The van der Waals surface area contributed by atoms with Crippen molar-refractivity contribution in [3.8, 4) is 5.75 Å². The maximum Gasteiger partial charge on any atom is 0.258 e. The van der Waals surface area contributed by atoms with E-state index in [1.165, 1.54) is 12.1 Å². The number of phenolic OH excluding ortho intramolecular Hbond substituents is 1. The van der Waals surface area contributed by atoms with Gasteiger partial charge in [-0.05, 0) is 56.1 Å². The van der Waals surface area contributed by atoms with Crippen LogP contribution in [0.25, 0.3) is 0 Å². The number of rotatable bonds is 2.